The normalized spacial score (nSPS) is 11.2. The van der Waals surface area contributed by atoms with Gasteiger partial charge in [-0.1, -0.05) is 37.0 Å². The van der Waals surface area contributed by atoms with Gasteiger partial charge in [-0.05, 0) is 31.0 Å². The van der Waals surface area contributed by atoms with Crippen LogP contribution in [0.5, 0.6) is 0 Å². The molecule has 4 nitrogen and oxygen atoms in total. The van der Waals surface area contributed by atoms with E-state index in [0.29, 0.717) is 22.9 Å². The topological polar surface area (TPSA) is 66.4 Å². The van der Waals surface area contributed by atoms with E-state index in [2.05, 4.69) is 5.32 Å². The summed E-state index contributed by atoms with van der Waals surface area (Å²) in [6, 6.07) is 4.39. The quantitative estimate of drug-likeness (QED) is 0.876. The lowest BCUT2D eigenvalue weighted by molar-refractivity contribution is -0.144. The first-order chi connectivity index (χ1) is 8.84. The highest BCUT2D eigenvalue weighted by Gasteiger charge is 2.36. The minimum Gasteiger partial charge on any atom is -0.480 e. The van der Waals surface area contributed by atoms with Gasteiger partial charge in [0.05, 0.1) is 0 Å². The van der Waals surface area contributed by atoms with Crippen molar-refractivity contribution in [3.05, 3.63) is 33.8 Å². The molecule has 0 fully saturated rings. The van der Waals surface area contributed by atoms with Crippen molar-refractivity contribution in [3.63, 3.8) is 0 Å². The van der Waals surface area contributed by atoms with Gasteiger partial charge in [0.15, 0.2) is 0 Å². The van der Waals surface area contributed by atoms with Gasteiger partial charge in [0.25, 0.3) is 5.91 Å². The van der Waals surface area contributed by atoms with E-state index in [4.69, 9.17) is 23.2 Å². The monoisotopic (exact) mass is 303 g/mol. The molecular formula is C13H15Cl2NO3. The van der Waals surface area contributed by atoms with Gasteiger partial charge in [-0.25, -0.2) is 4.79 Å². The molecule has 0 bridgehead atoms. The lowest BCUT2D eigenvalue weighted by Crippen LogP contribution is -2.53. The van der Waals surface area contributed by atoms with Gasteiger partial charge < -0.3 is 10.4 Å². The van der Waals surface area contributed by atoms with E-state index in [1.54, 1.807) is 13.8 Å². The zero-order chi connectivity index (χ0) is 14.6. The average Bonchev–Trinajstić information content (AvgIpc) is 2.34. The maximum absolute atomic E-state index is 12.1. The molecule has 1 aromatic rings. The number of hydrogen-bond donors (Lipinski definition) is 2. The number of nitrogens with one attached hydrogen (secondary N) is 1. The predicted octanol–water partition coefficient (Wildman–Crippen LogP) is 3.37. The minimum atomic E-state index is -1.27. The summed E-state index contributed by atoms with van der Waals surface area (Å²) < 4.78 is 0. The van der Waals surface area contributed by atoms with E-state index in [-0.39, 0.29) is 5.56 Å². The average molecular weight is 304 g/mol. The maximum atomic E-state index is 12.1. The van der Waals surface area contributed by atoms with Crippen LogP contribution in [0.4, 0.5) is 0 Å². The second-order valence-corrected chi connectivity index (χ2v) is 5.08. The lowest BCUT2D eigenvalue weighted by atomic mass is 9.92. The Kier molecular flexibility index (Phi) is 5.20. The lowest BCUT2D eigenvalue weighted by Gasteiger charge is -2.28. The second-order valence-electron chi connectivity index (χ2n) is 4.21. The van der Waals surface area contributed by atoms with Crippen molar-refractivity contribution in [1.82, 2.24) is 5.32 Å². The van der Waals surface area contributed by atoms with Gasteiger partial charge in [-0.15, -0.1) is 0 Å². The van der Waals surface area contributed by atoms with Crippen molar-refractivity contribution in [3.8, 4) is 0 Å². The summed E-state index contributed by atoms with van der Waals surface area (Å²) in [7, 11) is 0. The van der Waals surface area contributed by atoms with E-state index in [1.807, 2.05) is 0 Å². The summed E-state index contributed by atoms with van der Waals surface area (Å²) in [5.41, 5.74) is -1.03. The number of aliphatic carboxylic acids is 1. The largest absolute Gasteiger partial charge is 0.480 e. The molecule has 1 aromatic carbocycles. The Balaban J connectivity index is 3.03. The third-order valence-electron chi connectivity index (χ3n) is 3.09. The van der Waals surface area contributed by atoms with Crippen LogP contribution in [0.15, 0.2) is 18.2 Å². The highest BCUT2D eigenvalue weighted by molar-refractivity contribution is 6.35. The molecule has 0 atom stereocenters. The number of hydrogen-bond acceptors (Lipinski definition) is 2. The SMILES string of the molecule is CCC(CC)(NC(=O)c1cc(Cl)cc(Cl)c1)C(=O)O. The van der Waals surface area contributed by atoms with Gasteiger partial charge >= 0.3 is 5.97 Å². The van der Waals surface area contributed by atoms with Crippen molar-refractivity contribution >= 4 is 35.1 Å². The third kappa shape index (κ3) is 3.61. The molecule has 104 valence electrons. The molecule has 0 aliphatic heterocycles. The van der Waals surface area contributed by atoms with Gasteiger partial charge in [0.2, 0.25) is 0 Å². The molecule has 0 radical (unpaired) electrons. The van der Waals surface area contributed by atoms with Crippen LogP contribution in [0.2, 0.25) is 10.0 Å². The zero-order valence-corrected chi connectivity index (χ0v) is 12.2. The molecule has 6 heteroatoms. The first-order valence-electron chi connectivity index (χ1n) is 5.86. The van der Waals surface area contributed by atoms with Crippen molar-refractivity contribution in [1.29, 1.82) is 0 Å². The number of amides is 1. The number of rotatable bonds is 5. The Morgan fingerprint density at radius 2 is 1.63 bits per heavy atom. The number of carbonyl (C=O) groups is 2. The molecule has 1 rings (SSSR count). The Labute approximate surface area is 121 Å². The van der Waals surface area contributed by atoms with Crippen LogP contribution >= 0.6 is 23.2 Å². The standard InChI is InChI=1S/C13H15Cl2NO3/c1-3-13(4-2,12(18)19)16-11(17)8-5-9(14)7-10(15)6-8/h5-7H,3-4H2,1-2H3,(H,16,17)(H,18,19). The number of carboxylic acid groups (broad SMARTS) is 1. The molecule has 0 saturated carbocycles. The molecule has 2 N–H and O–H groups in total. The second kappa shape index (κ2) is 6.26. The third-order valence-corrected chi connectivity index (χ3v) is 3.53. The van der Waals surface area contributed by atoms with E-state index >= 15 is 0 Å². The van der Waals surface area contributed by atoms with E-state index in [0.717, 1.165) is 0 Å². The van der Waals surface area contributed by atoms with Gasteiger partial charge in [-0.3, -0.25) is 4.79 Å². The summed E-state index contributed by atoms with van der Waals surface area (Å²) in [5, 5.41) is 12.5. The van der Waals surface area contributed by atoms with E-state index < -0.39 is 17.4 Å². The molecule has 19 heavy (non-hydrogen) atoms. The molecule has 0 unspecified atom stereocenters. The molecule has 0 spiro atoms. The van der Waals surface area contributed by atoms with Crippen molar-refractivity contribution in [2.75, 3.05) is 0 Å². The van der Waals surface area contributed by atoms with Gasteiger partial charge in [0, 0.05) is 15.6 Å². The molecular weight excluding hydrogens is 289 g/mol. The summed E-state index contributed by atoms with van der Waals surface area (Å²) >= 11 is 11.6. The fourth-order valence-electron chi connectivity index (χ4n) is 1.76. The van der Waals surface area contributed by atoms with Crippen LogP contribution in [0.25, 0.3) is 0 Å². The number of carboxylic acids is 1. The molecule has 0 aliphatic carbocycles. The highest BCUT2D eigenvalue weighted by Crippen LogP contribution is 2.21. The summed E-state index contributed by atoms with van der Waals surface area (Å²) in [6.07, 6.45) is 0.581. The summed E-state index contributed by atoms with van der Waals surface area (Å²) in [4.78, 5) is 23.4. The fraction of sp³-hybridized carbons (Fsp3) is 0.385. The van der Waals surface area contributed by atoms with Crippen LogP contribution in [0, 0.1) is 0 Å². The maximum Gasteiger partial charge on any atom is 0.329 e. The van der Waals surface area contributed by atoms with Crippen LogP contribution in [-0.4, -0.2) is 22.5 Å². The molecule has 0 heterocycles. The first kappa shape index (κ1) is 15.8. The van der Waals surface area contributed by atoms with Gasteiger partial charge in [-0.2, -0.15) is 0 Å². The molecule has 1 amide bonds. The van der Waals surface area contributed by atoms with Crippen molar-refractivity contribution < 1.29 is 14.7 Å². The van der Waals surface area contributed by atoms with Crippen LogP contribution in [-0.2, 0) is 4.79 Å². The first-order valence-corrected chi connectivity index (χ1v) is 6.62. The number of benzene rings is 1. The van der Waals surface area contributed by atoms with Crippen LogP contribution < -0.4 is 5.32 Å². The zero-order valence-electron chi connectivity index (χ0n) is 10.7. The highest BCUT2D eigenvalue weighted by atomic mass is 35.5. The minimum absolute atomic E-state index is 0.241. The Bertz CT molecular complexity index is 478. The smallest absolute Gasteiger partial charge is 0.329 e. The Morgan fingerprint density at radius 1 is 1.16 bits per heavy atom. The molecule has 0 aliphatic rings. The summed E-state index contributed by atoms with van der Waals surface area (Å²) in [6.45, 7) is 3.42. The van der Waals surface area contributed by atoms with Gasteiger partial charge in [0.1, 0.15) is 5.54 Å². The summed E-state index contributed by atoms with van der Waals surface area (Å²) in [5.74, 6) is -1.56. The van der Waals surface area contributed by atoms with Crippen LogP contribution in [0.3, 0.4) is 0 Å². The fourth-order valence-corrected chi connectivity index (χ4v) is 2.28. The number of carbonyl (C=O) groups excluding carboxylic acids is 1. The van der Waals surface area contributed by atoms with Crippen molar-refractivity contribution in [2.45, 2.75) is 32.2 Å². The molecule has 0 saturated heterocycles. The Morgan fingerprint density at radius 3 is 2.00 bits per heavy atom. The molecule has 0 aromatic heterocycles. The number of halogens is 2. The van der Waals surface area contributed by atoms with E-state index in [1.165, 1.54) is 18.2 Å². The predicted molar refractivity (Wildman–Crippen MR) is 74.9 cm³/mol. The Hall–Kier alpha value is -1.26. The van der Waals surface area contributed by atoms with Crippen molar-refractivity contribution in [2.24, 2.45) is 0 Å². The van der Waals surface area contributed by atoms with Crippen LogP contribution in [0.1, 0.15) is 37.0 Å². The van der Waals surface area contributed by atoms with E-state index in [9.17, 15) is 14.7 Å².